The number of rotatable bonds is 6. The molecule has 106 valence electrons. The van der Waals surface area contributed by atoms with Crippen molar-refractivity contribution in [1.82, 2.24) is 0 Å². The Kier molecular flexibility index (Phi) is 5.31. The molecule has 0 aliphatic rings. The van der Waals surface area contributed by atoms with Gasteiger partial charge in [-0.05, 0) is 42.7 Å². The Hall–Kier alpha value is -1.67. The van der Waals surface area contributed by atoms with E-state index in [1.807, 2.05) is 48.5 Å². The van der Waals surface area contributed by atoms with Crippen molar-refractivity contribution in [1.29, 1.82) is 0 Å². The smallest absolute Gasteiger partial charge is 0.0621 e. The molecule has 0 unspecified atom stereocenters. The van der Waals surface area contributed by atoms with Gasteiger partial charge in [0.25, 0.3) is 0 Å². The summed E-state index contributed by atoms with van der Waals surface area (Å²) >= 11 is 6.09. The van der Waals surface area contributed by atoms with Crippen LogP contribution in [0.4, 0.5) is 17.1 Å². The summed E-state index contributed by atoms with van der Waals surface area (Å²) in [5, 5.41) is 7.62. The van der Waals surface area contributed by atoms with Crippen LogP contribution in [0.15, 0.2) is 48.5 Å². The highest BCUT2D eigenvalue weighted by Gasteiger charge is 2.04. The monoisotopic (exact) mass is 288 g/mol. The third-order valence-electron chi connectivity index (χ3n) is 3.07. The van der Waals surface area contributed by atoms with Crippen LogP contribution in [0.3, 0.4) is 0 Å². The summed E-state index contributed by atoms with van der Waals surface area (Å²) in [4.78, 5) is 0. The van der Waals surface area contributed by atoms with Gasteiger partial charge in [0.2, 0.25) is 0 Å². The van der Waals surface area contributed by atoms with E-state index in [-0.39, 0.29) is 0 Å². The summed E-state index contributed by atoms with van der Waals surface area (Å²) in [6.45, 7) is 5.40. The van der Waals surface area contributed by atoms with Gasteiger partial charge in [-0.25, -0.2) is 0 Å². The zero-order chi connectivity index (χ0) is 14.4. The summed E-state index contributed by atoms with van der Waals surface area (Å²) in [5.41, 5.74) is 3.16. The lowest BCUT2D eigenvalue weighted by Gasteiger charge is -2.15. The Morgan fingerprint density at radius 1 is 1.00 bits per heavy atom. The zero-order valence-electron chi connectivity index (χ0n) is 12.0. The first kappa shape index (κ1) is 14.7. The Labute approximate surface area is 126 Å². The van der Waals surface area contributed by atoms with Crippen LogP contribution in [-0.4, -0.2) is 6.54 Å². The molecule has 2 aromatic rings. The van der Waals surface area contributed by atoms with Crippen LogP contribution < -0.4 is 10.6 Å². The van der Waals surface area contributed by atoms with E-state index in [4.69, 9.17) is 11.6 Å². The second kappa shape index (κ2) is 7.20. The Morgan fingerprint density at radius 2 is 1.75 bits per heavy atom. The summed E-state index contributed by atoms with van der Waals surface area (Å²) in [6.07, 6.45) is 1.14. The van der Waals surface area contributed by atoms with Gasteiger partial charge in [-0.2, -0.15) is 0 Å². The summed E-state index contributed by atoms with van der Waals surface area (Å²) in [6, 6.07) is 16.0. The van der Waals surface area contributed by atoms with Crippen molar-refractivity contribution < 1.29 is 0 Å². The van der Waals surface area contributed by atoms with Crippen LogP contribution in [0.5, 0.6) is 0 Å². The summed E-state index contributed by atoms with van der Waals surface area (Å²) in [5.74, 6) is 0.687. The third kappa shape index (κ3) is 4.46. The highest BCUT2D eigenvalue weighted by atomic mass is 35.5. The molecular weight excluding hydrogens is 268 g/mol. The van der Waals surface area contributed by atoms with Gasteiger partial charge in [0.05, 0.1) is 11.4 Å². The standard InChI is InChI=1S/C17H21ClN2/c1-13(2)10-11-19-17-12-14(18)8-9-16(17)20-15-6-4-3-5-7-15/h3-9,12-13,19-20H,10-11H2,1-2H3. The number of anilines is 3. The van der Waals surface area contributed by atoms with Crippen molar-refractivity contribution in [2.24, 2.45) is 5.92 Å². The predicted molar refractivity (Wildman–Crippen MR) is 89.1 cm³/mol. The van der Waals surface area contributed by atoms with E-state index < -0.39 is 0 Å². The minimum Gasteiger partial charge on any atom is -0.383 e. The van der Waals surface area contributed by atoms with Gasteiger partial charge in [0.1, 0.15) is 0 Å². The normalized spacial score (nSPS) is 10.6. The molecule has 2 nitrogen and oxygen atoms in total. The molecule has 20 heavy (non-hydrogen) atoms. The van der Waals surface area contributed by atoms with Crippen LogP contribution in [0.1, 0.15) is 20.3 Å². The van der Waals surface area contributed by atoms with Crippen molar-refractivity contribution >= 4 is 28.7 Å². The molecule has 0 aliphatic heterocycles. The molecule has 0 saturated carbocycles. The highest BCUT2D eigenvalue weighted by molar-refractivity contribution is 6.31. The summed E-state index contributed by atoms with van der Waals surface area (Å²) in [7, 11) is 0. The topological polar surface area (TPSA) is 24.1 Å². The Bertz CT molecular complexity index is 538. The van der Waals surface area contributed by atoms with Crippen LogP contribution >= 0.6 is 11.6 Å². The fourth-order valence-corrected chi connectivity index (χ4v) is 2.12. The van der Waals surface area contributed by atoms with Gasteiger partial charge in [-0.15, -0.1) is 0 Å². The van der Waals surface area contributed by atoms with Gasteiger partial charge in [-0.1, -0.05) is 43.6 Å². The largest absolute Gasteiger partial charge is 0.383 e. The van der Waals surface area contributed by atoms with Crippen molar-refractivity contribution in [2.45, 2.75) is 20.3 Å². The average Bonchev–Trinajstić information content (AvgIpc) is 2.42. The average molecular weight is 289 g/mol. The maximum absolute atomic E-state index is 6.09. The summed E-state index contributed by atoms with van der Waals surface area (Å²) < 4.78 is 0. The number of benzene rings is 2. The van der Waals surface area contributed by atoms with Gasteiger partial charge in [0.15, 0.2) is 0 Å². The molecular formula is C17H21ClN2. The molecule has 0 bridgehead atoms. The second-order valence-electron chi connectivity index (χ2n) is 5.29. The Balaban J connectivity index is 2.11. The van der Waals surface area contributed by atoms with Crippen LogP contribution in [-0.2, 0) is 0 Å². The number of hydrogen-bond donors (Lipinski definition) is 2. The van der Waals surface area contributed by atoms with Crippen molar-refractivity contribution in [3.8, 4) is 0 Å². The molecule has 0 heterocycles. The molecule has 0 aliphatic carbocycles. The fraction of sp³-hybridized carbons (Fsp3) is 0.294. The van der Waals surface area contributed by atoms with E-state index in [1.165, 1.54) is 0 Å². The van der Waals surface area contributed by atoms with Crippen LogP contribution in [0.2, 0.25) is 5.02 Å². The van der Waals surface area contributed by atoms with Gasteiger partial charge >= 0.3 is 0 Å². The highest BCUT2D eigenvalue weighted by Crippen LogP contribution is 2.28. The molecule has 0 spiro atoms. The minimum absolute atomic E-state index is 0.687. The van der Waals surface area contributed by atoms with E-state index in [0.29, 0.717) is 5.92 Å². The second-order valence-corrected chi connectivity index (χ2v) is 5.73. The molecule has 2 N–H and O–H groups in total. The first-order valence-electron chi connectivity index (χ1n) is 7.00. The zero-order valence-corrected chi connectivity index (χ0v) is 12.7. The quantitative estimate of drug-likeness (QED) is 0.729. The van der Waals surface area contributed by atoms with Gasteiger partial charge in [-0.3, -0.25) is 0 Å². The van der Waals surface area contributed by atoms with Gasteiger partial charge < -0.3 is 10.6 Å². The van der Waals surface area contributed by atoms with Crippen LogP contribution in [0.25, 0.3) is 0 Å². The lowest BCUT2D eigenvalue weighted by molar-refractivity contribution is 0.607. The first-order valence-corrected chi connectivity index (χ1v) is 7.38. The molecule has 0 atom stereocenters. The minimum atomic E-state index is 0.687. The fourth-order valence-electron chi connectivity index (χ4n) is 1.94. The van der Waals surface area contributed by atoms with Gasteiger partial charge in [0, 0.05) is 17.3 Å². The van der Waals surface area contributed by atoms with Crippen molar-refractivity contribution in [3.63, 3.8) is 0 Å². The number of para-hydroxylation sites is 1. The molecule has 0 fully saturated rings. The first-order chi connectivity index (χ1) is 9.65. The SMILES string of the molecule is CC(C)CCNc1cc(Cl)ccc1Nc1ccccc1. The maximum Gasteiger partial charge on any atom is 0.0621 e. The number of nitrogens with one attached hydrogen (secondary N) is 2. The molecule has 2 rings (SSSR count). The molecule has 0 radical (unpaired) electrons. The predicted octanol–water partition coefficient (Wildman–Crippen LogP) is 5.54. The van der Waals surface area contributed by atoms with Crippen molar-refractivity contribution in [3.05, 3.63) is 53.6 Å². The lowest BCUT2D eigenvalue weighted by Crippen LogP contribution is -2.06. The van der Waals surface area contributed by atoms with Crippen LogP contribution in [0, 0.1) is 5.92 Å². The maximum atomic E-state index is 6.09. The van der Waals surface area contributed by atoms with E-state index in [0.717, 1.165) is 35.1 Å². The third-order valence-corrected chi connectivity index (χ3v) is 3.31. The molecule has 0 saturated heterocycles. The molecule has 3 heteroatoms. The molecule has 0 aromatic heterocycles. The van der Waals surface area contributed by atoms with E-state index in [1.54, 1.807) is 0 Å². The number of halogens is 1. The Morgan fingerprint density at radius 3 is 2.45 bits per heavy atom. The van der Waals surface area contributed by atoms with E-state index in [9.17, 15) is 0 Å². The number of hydrogen-bond acceptors (Lipinski definition) is 2. The molecule has 2 aromatic carbocycles. The van der Waals surface area contributed by atoms with E-state index >= 15 is 0 Å². The lowest BCUT2D eigenvalue weighted by atomic mass is 10.1. The molecule has 0 amide bonds. The van der Waals surface area contributed by atoms with E-state index in [2.05, 4.69) is 24.5 Å². The van der Waals surface area contributed by atoms with Crippen molar-refractivity contribution in [2.75, 3.05) is 17.2 Å².